The number of anilines is 1. The number of amidine groups is 1. The van der Waals surface area contributed by atoms with Crippen molar-refractivity contribution in [2.45, 2.75) is 6.92 Å². The normalized spacial score (nSPS) is 19.2. The average Bonchev–Trinajstić information content (AvgIpc) is 3.10. The number of halogens is 1. The summed E-state index contributed by atoms with van der Waals surface area (Å²) in [6.45, 7) is 4.13. The molecular weight excluding hydrogens is 440 g/mol. The maximum absolute atomic E-state index is 12.4. The van der Waals surface area contributed by atoms with Crippen LogP contribution >= 0.6 is 23.4 Å². The molecule has 2 aliphatic rings. The third kappa shape index (κ3) is 4.73. The lowest BCUT2D eigenvalue weighted by molar-refractivity contribution is -0.384. The number of carbonyl (C=O) groups excluding carboxylic acids is 1. The molecule has 0 bridgehead atoms. The number of amides is 1. The number of nitrogens with one attached hydrogen (secondary N) is 1. The summed E-state index contributed by atoms with van der Waals surface area (Å²) in [4.78, 5) is 30.5. The van der Waals surface area contributed by atoms with Gasteiger partial charge in [0.25, 0.3) is 11.6 Å². The predicted molar refractivity (Wildman–Crippen MR) is 123 cm³/mol. The molecule has 4 rings (SSSR count). The molecule has 2 aromatic carbocycles. The van der Waals surface area contributed by atoms with E-state index in [-0.39, 0.29) is 11.6 Å². The molecule has 2 heterocycles. The van der Waals surface area contributed by atoms with Crippen molar-refractivity contribution >= 4 is 57.6 Å². The summed E-state index contributed by atoms with van der Waals surface area (Å²) in [5, 5.41) is 15.4. The van der Waals surface area contributed by atoms with E-state index in [1.807, 2.05) is 17.9 Å². The number of benzene rings is 2. The van der Waals surface area contributed by atoms with Crippen LogP contribution in [-0.4, -0.2) is 42.3 Å². The molecule has 0 aliphatic carbocycles. The van der Waals surface area contributed by atoms with Crippen LogP contribution in [0.5, 0.6) is 0 Å². The van der Waals surface area contributed by atoms with Crippen LogP contribution in [-0.2, 0) is 9.53 Å². The lowest BCUT2D eigenvalue weighted by atomic mass is 10.1. The molecule has 0 spiro atoms. The van der Waals surface area contributed by atoms with E-state index in [1.165, 1.54) is 17.8 Å². The van der Waals surface area contributed by atoms with Gasteiger partial charge in [-0.3, -0.25) is 14.9 Å². The van der Waals surface area contributed by atoms with Crippen molar-refractivity contribution in [2.24, 2.45) is 4.99 Å². The number of nitro groups is 1. The van der Waals surface area contributed by atoms with Gasteiger partial charge in [0, 0.05) is 24.2 Å². The second-order valence-electron chi connectivity index (χ2n) is 6.97. The highest BCUT2D eigenvalue weighted by Gasteiger charge is 2.26. The highest BCUT2D eigenvalue weighted by atomic mass is 35.5. The first-order chi connectivity index (χ1) is 14.9. The van der Waals surface area contributed by atoms with E-state index in [0.29, 0.717) is 58.3 Å². The Labute approximate surface area is 188 Å². The van der Waals surface area contributed by atoms with Crippen LogP contribution in [0.25, 0.3) is 6.08 Å². The van der Waals surface area contributed by atoms with Crippen molar-refractivity contribution in [3.63, 3.8) is 0 Å². The zero-order chi connectivity index (χ0) is 22.0. The molecule has 2 aliphatic heterocycles. The smallest absolute Gasteiger partial charge is 0.293 e. The Kier molecular flexibility index (Phi) is 6.26. The SMILES string of the molecule is Cc1c(Cl)cccc1N=C1NC(=O)/C(=C\c2ccc(N3CCOCC3)c([N+](=O)[O-])c2)S1. The minimum Gasteiger partial charge on any atom is -0.378 e. The summed E-state index contributed by atoms with van der Waals surface area (Å²) in [5.74, 6) is -0.302. The van der Waals surface area contributed by atoms with Crippen molar-refractivity contribution in [3.8, 4) is 0 Å². The first kappa shape index (κ1) is 21.4. The molecule has 2 fully saturated rings. The van der Waals surface area contributed by atoms with Gasteiger partial charge in [0.15, 0.2) is 5.17 Å². The van der Waals surface area contributed by atoms with Gasteiger partial charge in [-0.05, 0) is 54.1 Å². The fraction of sp³-hybridized carbons (Fsp3) is 0.238. The molecular formula is C21H19ClN4O4S. The van der Waals surface area contributed by atoms with E-state index >= 15 is 0 Å². The van der Waals surface area contributed by atoms with E-state index < -0.39 is 4.92 Å². The fourth-order valence-electron chi connectivity index (χ4n) is 3.31. The first-order valence-electron chi connectivity index (χ1n) is 9.58. The summed E-state index contributed by atoms with van der Waals surface area (Å²) in [6.07, 6.45) is 1.63. The van der Waals surface area contributed by atoms with Crippen molar-refractivity contribution in [1.29, 1.82) is 0 Å². The molecule has 0 radical (unpaired) electrons. The maximum Gasteiger partial charge on any atom is 0.293 e. The van der Waals surface area contributed by atoms with Gasteiger partial charge in [-0.1, -0.05) is 23.7 Å². The number of aliphatic imine (C=N–C) groups is 1. The zero-order valence-corrected chi connectivity index (χ0v) is 18.2. The van der Waals surface area contributed by atoms with Gasteiger partial charge in [0.2, 0.25) is 0 Å². The third-order valence-corrected chi connectivity index (χ3v) is 6.28. The molecule has 8 nitrogen and oxygen atoms in total. The fourth-order valence-corrected chi connectivity index (χ4v) is 4.31. The Balaban J connectivity index is 1.60. The number of carbonyl (C=O) groups is 1. The number of rotatable bonds is 4. The van der Waals surface area contributed by atoms with Gasteiger partial charge in [-0.25, -0.2) is 4.99 Å². The van der Waals surface area contributed by atoms with Gasteiger partial charge >= 0.3 is 0 Å². The molecule has 0 aromatic heterocycles. The lowest BCUT2D eigenvalue weighted by Crippen LogP contribution is -2.36. The van der Waals surface area contributed by atoms with Crippen molar-refractivity contribution in [3.05, 3.63) is 67.6 Å². The molecule has 0 saturated carbocycles. The van der Waals surface area contributed by atoms with E-state index in [0.717, 1.165) is 5.56 Å². The van der Waals surface area contributed by atoms with Crippen LogP contribution in [0, 0.1) is 17.0 Å². The third-order valence-electron chi connectivity index (χ3n) is 4.96. The lowest BCUT2D eigenvalue weighted by Gasteiger charge is -2.28. The van der Waals surface area contributed by atoms with Crippen LogP contribution < -0.4 is 10.2 Å². The Morgan fingerprint density at radius 1 is 1.29 bits per heavy atom. The summed E-state index contributed by atoms with van der Waals surface area (Å²) >= 11 is 7.31. The van der Waals surface area contributed by atoms with E-state index in [1.54, 1.807) is 30.3 Å². The number of nitro benzene ring substituents is 1. The van der Waals surface area contributed by atoms with Crippen LogP contribution in [0.4, 0.5) is 17.1 Å². The van der Waals surface area contributed by atoms with Crippen molar-refractivity contribution in [1.82, 2.24) is 5.32 Å². The van der Waals surface area contributed by atoms with Gasteiger partial charge in [0.05, 0.1) is 28.7 Å². The average molecular weight is 459 g/mol. The predicted octanol–water partition coefficient (Wildman–Crippen LogP) is 4.28. The number of morpholine rings is 1. The standard InChI is InChI=1S/C21H19ClN4O4S/c1-13-15(22)3-2-4-16(13)23-21-24-20(27)19(31-21)12-14-5-6-17(18(11-14)26(28)29)25-7-9-30-10-8-25/h2-6,11-12H,7-10H2,1H3,(H,23,24,27)/b19-12+. The Bertz CT molecular complexity index is 1110. The summed E-state index contributed by atoms with van der Waals surface area (Å²) < 4.78 is 5.33. The molecule has 160 valence electrons. The minimum atomic E-state index is -0.399. The monoisotopic (exact) mass is 458 g/mol. The highest BCUT2D eigenvalue weighted by Crippen LogP contribution is 2.34. The Morgan fingerprint density at radius 3 is 2.81 bits per heavy atom. The minimum absolute atomic E-state index is 0.00287. The van der Waals surface area contributed by atoms with E-state index in [2.05, 4.69) is 10.3 Å². The maximum atomic E-state index is 12.4. The summed E-state index contributed by atoms with van der Waals surface area (Å²) in [7, 11) is 0. The van der Waals surface area contributed by atoms with Crippen molar-refractivity contribution < 1.29 is 14.5 Å². The van der Waals surface area contributed by atoms with Gasteiger partial charge in [0.1, 0.15) is 5.69 Å². The zero-order valence-electron chi connectivity index (χ0n) is 16.6. The second kappa shape index (κ2) is 9.09. The number of hydrogen-bond donors (Lipinski definition) is 1. The quantitative estimate of drug-likeness (QED) is 0.417. The molecule has 10 heteroatoms. The number of nitrogens with zero attached hydrogens (tertiary/aromatic N) is 3. The molecule has 31 heavy (non-hydrogen) atoms. The number of hydrogen-bond acceptors (Lipinski definition) is 7. The summed E-state index contributed by atoms with van der Waals surface area (Å²) in [6, 6.07) is 10.4. The largest absolute Gasteiger partial charge is 0.378 e. The van der Waals surface area contributed by atoms with E-state index in [4.69, 9.17) is 16.3 Å². The van der Waals surface area contributed by atoms with Crippen LogP contribution in [0.2, 0.25) is 5.02 Å². The molecule has 0 unspecified atom stereocenters. The van der Waals surface area contributed by atoms with Gasteiger partial charge in [-0.15, -0.1) is 0 Å². The van der Waals surface area contributed by atoms with Crippen LogP contribution in [0.15, 0.2) is 46.3 Å². The first-order valence-corrected chi connectivity index (χ1v) is 10.8. The molecule has 2 aromatic rings. The molecule has 1 amide bonds. The molecule has 2 saturated heterocycles. The summed E-state index contributed by atoms with van der Waals surface area (Å²) in [5.41, 5.74) is 2.61. The second-order valence-corrected chi connectivity index (χ2v) is 8.41. The number of thioether (sulfide) groups is 1. The van der Waals surface area contributed by atoms with E-state index in [9.17, 15) is 14.9 Å². The molecule has 1 N–H and O–H groups in total. The Hall–Kier alpha value is -2.88. The molecule has 0 atom stereocenters. The van der Waals surface area contributed by atoms with Crippen molar-refractivity contribution in [2.75, 3.05) is 31.2 Å². The Morgan fingerprint density at radius 2 is 2.06 bits per heavy atom. The topological polar surface area (TPSA) is 97.1 Å². The highest BCUT2D eigenvalue weighted by molar-refractivity contribution is 8.18. The van der Waals surface area contributed by atoms with Crippen LogP contribution in [0.3, 0.4) is 0 Å². The number of ether oxygens (including phenoxy) is 1. The van der Waals surface area contributed by atoms with Crippen LogP contribution in [0.1, 0.15) is 11.1 Å². The van der Waals surface area contributed by atoms with Gasteiger partial charge < -0.3 is 15.0 Å². The van der Waals surface area contributed by atoms with Gasteiger partial charge in [-0.2, -0.15) is 0 Å².